The van der Waals surface area contributed by atoms with Crippen molar-refractivity contribution < 1.29 is 12.8 Å². The van der Waals surface area contributed by atoms with Gasteiger partial charge in [-0.25, -0.2) is 12.8 Å². The monoisotopic (exact) mass is 533 g/mol. The van der Waals surface area contributed by atoms with Gasteiger partial charge < -0.3 is 10.6 Å². The van der Waals surface area contributed by atoms with E-state index in [1.54, 1.807) is 7.05 Å². The first kappa shape index (κ1) is 25.4. The lowest BCUT2D eigenvalue weighted by Gasteiger charge is -2.14. The van der Waals surface area contributed by atoms with Crippen molar-refractivity contribution in [3.8, 4) is 0 Å². The molecule has 2 N–H and O–H groups in total. The summed E-state index contributed by atoms with van der Waals surface area (Å²) in [6.07, 6.45) is 3.04. The molecule has 0 amide bonds. The van der Waals surface area contributed by atoms with Crippen LogP contribution in [0, 0.1) is 5.82 Å². The smallest absolute Gasteiger partial charge is 0.191 e. The van der Waals surface area contributed by atoms with E-state index in [0.717, 1.165) is 12.8 Å². The summed E-state index contributed by atoms with van der Waals surface area (Å²) in [7, 11) is -1.54. The molecular weight excluding hydrogens is 504 g/mol. The van der Waals surface area contributed by atoms with Crippen LogP contribution >= 0.6 is 24.0 Å². The summed E-state index contributed by atoms with van der Waals surface area (Å²) in [4.78, 5) is 4.17. The Morgan fingerprint density at radius 3 is 2.28 bits per heavy atom. The number of hydrogen-bond donors (Lipinski definition) is 2. The quantitative estimate of drug-likeness (QED) is 0.310. The van der Waals surface area contributed by atoms with Crippen LogP contribution in [0.15, 0.2) is 47.5 Å². The van der Waals surface area contributed by atoms with E-state index in [1.807, 2.05) is 0 Å². The number of sulfone groups is 1. The number of aliphatic imine (C=N–C) groups is 1. The molecule has 0 radical (unpaired) electrons. The topological polar surface area (TPSA) is 70.6 Å². The summed E-state index contributed by atoms with van der Waals surface area (Å²) in [6, 6.07) is 12.7. The minimum Gasteiger partial charge on any atom is -0.356 e. The number of benzene rings is 2. The minimum absolute atomic E-state index is 0. The van der Waals surface area contributed by atoms with Gasteiger partial charge in [0.05, 0.1) is 5.75 Å². The highest BCUT2D eigenvalue weighted by molar-refractivity contribution is 14.0. The summed E-state index contributed by atoms with van der Waals surface area (Å²) in [5, 5.41) is 6.35. The Hall–Kier alpha value is -1.68. The molecule has 0 aromatic heterocycles. The Labute approximate surface area is 190 Å². The van der Waals surface area contributed by atoms with Gasteiger partial charge in [0.15, 0.2) is 15.8 Å². The third kappa shape index (κ3) is 9.12. The molecular formula is C21H29FIN3O2S. The second-order valence-electron chi connectivity index (χ2n) is 6.76. The molecule has 2 rings (SSSR count). The minimum atomic E-state index is -3.20. The van der Waals surface area contributed by atoms with Gasteiger partial charge in [-0.2, -0.15) is 0 Å². The molecule has 8 heteroatoms. The molecule has 0 aliphatic rings. The van der Waals surface area contributed by atoms with Crippen molar-refractivity contribution in [2.45, 2.75) is 32.1 Å². The van der Waals surface area contributed by atoms with Crippen LogP contribution in [0.3, 0.4) is 0 Å². The molecule has 160 valence electrons. The summed E-state index contributed by atoms with van der Waals surface area (Å²) < 4.78 is 36.8. The van der Waals surface area contributed by atoms with Crippen molar-refractivity contribution in [1.29, 1.82) is 0 Å². The first-order valence-electron chi connectivity index (χ1n) is 9.28. The van der Waals surface area contributed by atoms with E-state index in [2.05, 4.69) is 46.8 Å². The zero-order valence-electron chi connectivity index (χ0n) is 17.0. The molecule has 0 aliphatic heterocycles. The largest absolute Gasteiger partial charge is 0.356 e. The molecule has 0 spiro atoms. The van der Waals surface area contributed by atoms with Crippen LogP contribution in [0.25, 0.3) is 0 Å². The van der Waals surface area contributed by atoms with Gasteiger partial charge in [-0.1, -0.05) is 37.3 Å². The molecule has 0 aliphatic carbocycles. The highest BCUT2D eigenvalue weighted by atomic mass is 127. The zero-order chi connectivity index (χ0) is 20.6. The lowest BCUT2D eigenvalue weighted by molar-refractivity contribution is 0.599. The maximum atomic E-state index is 13.6. The number of nitrogens with one attached hydrogen (secondary N) is 2. The first-order chi connectivity index (χ1) is 13.3. The predicted octanol–water partition coefficient (Wildman–Crippen LogP) is 3.46. The van der Waals surface area contributed by atoms with Crippen molar-refractivity contribution in [2.75, 3.05) is 19.8 Å². The lowest BCUT2D eigenvalue weighted by atomic mass is 10.1. The fraction of sp³-hybridized carbons (Fsp3) is 0.381. The van der Waals surface area contributed by atoms with Gasteiger partial charge in [-0.3, -0.25) is 4.99 Å². The summed E-state index contributed by atoms with van der Waals surface area (Å²) in [5.41, 5.74) is 3.74. The molecule has 0 atom stereocenters. The molecule has 29 heavy (non-hydrogen) atoms. The number of guanidine groups is 1. The van der Waals surface area contributed by atoms with Crippen molar-refractivity contribution in [2.24, 2.45) is 4.99 Å². The SMILES string of the molecule is CCc1ccc(CCNC(=NC)NCc2cc(F)ccc2CS(C)(=O)=O)cc1.I. The fourth-order valence-electron chi connectivity index (χ4n) is 2.85. The molecule has 0 heterocycles. The van der Waals surface area contributed by atoms with Crippen LogP contribution in [-0.2, 0) is 35.0 Å². The van der Waals surface area contributed by atoms with Crippen LogP contribution < -0.4 is 10.6 Å². The van der Waals surface area contributed by atoms with Gasteiger partial charge in [0, 0.05) is 26.4 Å². The van der Waals surface area contributed by atoms with E-state index in [9.17, 15) is 12.8 Å². The summed E-state index contributed by atoms with van der Waals surface area (Å²) in [5.74, 6) is 0.0663. The van der Waals surface area contributed by atoms with Gasteiger partial charge in [0.25, 0.3) is 0 Å². The summed E-state index contributed by atoms with van der Waals surface area (Å²) >= 11 is 0. The fourth-order valence-corrected chi connectivity index (χ4v) is 3.70. The Morgan fingerprint density at radius 2 is 1.69 bits per heavy atom. The third-order valence-electron chi connectivity index (χ3n) is 4.39. The Bertz CT molecular complexity index is 916. The van der Waals surface area contributed by atoms with Gasteiger partial charge in [-0.05, 0) is 47.2 Å². The third-order valence-corrected chi connectivity index (χ3v) is 5.23. The van der Waals surface area contributed by atoms with Gasteiger partial charge >= 0.3 is 0 Å². The number of rotatable bonds is 8. The molecule has 0 unspecified atom stereocenters. The highest BCUT2D eigenvalue weighted by Gasteiger charge is 2.11. The van der Waals surface area contributed by atoms with Crippen molar-refractivity contribution in [1.82, 2.24) is 10.6 Å². The molecule has 0 saturated heterocycles. The number of halogens is 2. The second kappa shape index (κ2) is 12.1. The average Bonchev–Trinajstić information content (AvgIpc) is 2.66. The van der Waals surface area contributed by atoms with Gasteiger partial charge in [0.1, 0.15) is 5.82 Å². The normalized spacial score (nSPS) is 11.7. The lowest BCUT2D eigenvalue weighted by Crippen LogP contribution is -2.38. The average molecular weight is 533 g/mol. The van der Waals surface area contributed by atoms with Crippen LogP contribution in [-0.4, -0.2) is 34.2 Å². The zero-order valence-corrected chi connectivity index (χ0v) is 20.2. The van der Waals surface area contributed by atoms with Gasteiger partial charge in [0.2, 0.25) is 0 Å². The van der Waals surface area contributed by atoms with Crippen LogP contribution in [0.5, 0.6) is 0 Å². The van der Waals surface area contributed by atoms with E-state index < -0.39 is 15.7 Å². The van der Waals surface area contributed by atoms with E-state index in [-0.39, 0.29) is 36.3 Å². The Balaban J connectivity index is 0.00000420. The van der Waals surface area contributed by atoms with Gasteiger partial charge in [-0.15, -0.1) is 24.0 Å². The van der Waals surface area contributed by atoms with E-state index in [1.165, 1.54) is 35.6 Å². The Kier molecular flexibility index (Phi) is 10.6. The first-order valence-corrected chi connectivity index (χ1v) is 11.3. The number of nitrogens with zero attached hydrogens (tertiary/aromatic N) is 1. The van der Waals surface area contributed by atoms with E-state index >= 15 is 0 Å². The van der Waals surface area contributed by atoms with E-state index in [4.69, 9.17) is 0 Å². The second-order valence-corrected chi connectivity index (χ2v) is 8.90. The van der Waals surface area contributed by atoms with Crippen LogP contribution in [0.4, 0.5) is 4.39 Å². The molecule has 0 bridgehead atoms. The van der Waals surface area contributed by atoms with Crippen molar-refractivity contribution in [3.05, 3.63) is 70.5 Å². The molecule has 0 saturated carbocycles. The molecule has 5 nitrogen and oxygen atoms in total. The maximum absolute atomic E-state index is 13.6. The number of aryl methyl sites for hydroxylation is 1. The van der Waals surface area contributed by atoms with Crippen LogP contribution in [0.2, 0.25) is 0 Å². The Morgan fingerprint density at radius 1 is 1.03 bits per heavy atom. The van der Waals surface area contributed by atoms with Crippen LogP contribution in [0.1, 0.15) is 29.2 Å². The highest BCUT2D eigenvalue weighted by Crippen LogP contribution is 2.14. The molecule has 2 aromatic rings. The molecule has 2 aromatic carbocycles. The molecule has 0 fully saturated rings. The number of hydrogen-bond acceptors (Lipinski definition) is 3. The standard InChI is InChI=1S/C21H28FN3O2S.HI/c1-4-16-5-7-17(8-6-16)11-12-24-21(23-2)25-14-19-13-20(22)10-9-18(19)15-28(3,26)27;/h5-10,13H,4,11-12,14-15H2,1-3H3,(H2,23,24,25);1H. The van der Waals surface area contributed by atoms with Crippen molar-refractivity contribution >= 4 is 39.8 Å². The van der Waals surface area contributed by atoms with Crippen molar-refractivity contribution in [3.63, 3.8) is 0 Å². The van der Waals surface area contributed by atoms with E-state index in [0.29, 0.717) is 23.6 Å². The maximum Gasteiger partial charge on any atom is 0.191 e. The predicted molar refractivity (Wildman–Crippen MR) is 128 cm³/mol. The summed E-state index contributed by atoms with van der Waals surface area (Å²) in [6.45, 7) is 3.12.